The minimum atomic E-state index is -0.229. The molecule has 1 unspecified atom stereocenters. The summed E-state index contributed by atoms with van der Waals surface area (Å²) < 4.78 is 5.43. The van der Waals surface area contributed by atoms with E-state index in [0.717, 1.165) is 11.5 Å². The first-order valence-corrected chi connectivity index (χ1v) is 5.87. The summed E-state index contributed by atoms with van der Waals surface area (Å²) in [5, 5.41) is 3.11. The maximum absolute atomic E-state index is 11.8. The largest absolute Gasteiger partial charge is 0.444 e. The number of amides is 1. The van der Waals surface area contributed by atoms with Crippen LogP contribution >= 0.6 is 0 Å². The third kappa shape index (κ3) is 3.56. The van der Waals surface area contributed by atoms with Gasteiger partial charge in [-0.3, -0.25) is 10.1 Å². The van der Waals surface area contributed by atoms with E-state index in [4.69, 9.17) is 4.42 Å². The Kier molecular flexibility index (Phi) is 4.69. The number of nitrogens with one attached hydrogen (secondary N) is 1. The van der Waals surface area contributed by atoms with E-state index in [2.05, 4.69) is 10.3 Å². The van der Waals surface area contributed by atoms with Crippen LogP contribution in [0.4, 0.5) is 0 Å². The minimum Gasteiger partial charge on any atom is -0.444 e. The molecule has 0 spiro atoms. The van der Waals surface area contributed by atoms with Crippen LogP contribution in [-0.4, -0.2) is 35.4 Å². The monoisotopic (exact) mass is 239 g/mol. The number of oxazole rings is 1. The van der Waals surface area contributed by atoms with Gasteiger partial charge in [-0.25, -0.2) is 4.98 Å². The Bertz CT molecular complexity index is 368. The Morgan fingerprint density at radius 2 is 2.18 bits per heavy atom. The van der Waals surface area contributed by atoms with Crippen molar-refractivity contribution in [2.24, 2.45) is 0 Å². The Balaban J connectivity index is 2.48. The van der Waals surface area contributed by atoms with Gasteiger partial charge in [0, 0.05) is 13.6 Å². The van der Waals surface area contributed by atoms with E-state index < -0.39 is 0 Å². The number of rotatable bonds is 5. The van der Waals surface area contributed by atoms with Crippen LogP contribution in [-0.2, 0) is 11.3 Å². The van der Waals surface area contributed by atoms with Crippen LogP contribution in [0.1, 0.15) is 31.2 Å². The van der Waals surface area contributed by atoms with Crippen LogP contribution in [0.15, 0.2) is 4.42 Å². The molecule has 1 N–H and O–H groups in total. The lowest BCUT2D eigenvalue weighted by molar-refractivity contribution is -0.131. The van der Waals surface area contributed by atoms with Crippen LogP contribution in [0.5, 0.6) is 0 Å². The quantitative estimate of drug-likeness (QED) is 0.840. The van der Waals surface area contributed by atoms with E-state index in [0.29, 0.717) is 19.0 Å². The number of nitrogens with zero attached hydrogens (tertiary/aromatic N) is 2. The molecule has 0 saturated carbocycles. The SMILES string of the molecule is CCN(C)C(=O)C(C)NCc1nc(C)c(C)o1. The van der Waals surface area contributed by atoms with Crippen molar-refractivity contribution >= 4 is 5.91 Å². The molecule has 5 nitrogen and oxygen atoms in total. The zero-order valence-electron chi connectivity index (χ0n) is 11.2. The molecule has 1 rings (SSSR count). The van der Waals surface area contributed by atoms with E-state index in [1.54, 1.807) is 11.9 Å². The molecule has 1 aromatic heterocycles. The normalized spacial score (nSPS) is 12.5. The second-order valence-electron chi connectivity index (χ2n) is 4.20. The number of hydrogen-bond donors (Lipinski definition) is 1. The summed E-state index contributed by atoms with van der Waals surface area (Å²) in [5.41, 5.74) is 0.895. The Morgan fingerprint density at radius 1 is 1.53 bits per heavy atom. The molecule has 96 valence electrons. The first kappa shape index (κ1) is 13.7. The van der Waals surface area contributed by atoms with Gasteiger partial charge in [0.2, 0.25) is 11.8 Å². The van der Waals surface area contributed by atoms with Crippen molar-refractivity contribution in [3.8, 4) is 0 Å². The van der Waals surface area contributed by atoms with Crippen LogP contribution in [0, 0.1) is 13.8 Å². The van der Waals surface area contributed by atoms with Gasteiger partial charge in [0.15, 0.2) is 0 Å². The lowest BCUT2D eigenvalue weighted by Crippen LogP contribution is -2.42. The molecule has 1 heterocycles. The summed E-state index contributed by atoms with van der Waals surface area (Å²) in [6, 6.07) is -0.229. The molecule has 0 saturated heterocycles. The van der Waals surface area contributed by atoms with Crippen LogP contribution in [0.25, 0.3) is 0 Å². The third-order valence-electron chi connectivity index (χ3n) is 2.85. The summed E-state index contributed by atoms with van der Waals surface area (Å²) in [6.45, 7) is 8.76. The summed E-state index contributed by atoms with van der Waals surface area (Å²) in [4.78, 5) is 17.7. The van der Waals surface area contributed by atoms with Gasteiger partial charge >= 0.3 is 0 Å². The smallest absolute Gasteiger partial charge is 0.239 e. The first-order chi connectivity index (χ1) is 7.95. The zero-order chi connectivity index (χ0) is 13.0. The van der Waals surface area contributed by atoms with Crippen LogP contribution in [0.2, 0.25) is 0 Å². The molecule has 0 aromatic carbocycles. The van der Waals surface area contributed by atoms with E-state index in [-0.39, 0.29) is 11.9 Å². The third-order valence-corrected chi connectivity index (χ3v) is 2.85. The molecule has 5 heteroatoms. The first-order valence-electron chi connectivity index (χ1n) is 5.87. The van der Waals surface area contributed by atoms with Crippen LogP contribution in [0.3, 0.4) is 0 Å². The molecular formula is C12H21N3O2. The second kappa shape index (κ2) is 5.82. The molecule has 1 atom stereocenters. The number of carbonyl (C=O) groups is 1. The molecule has 17 heavy (non-hydrogen) atoms. The van der Waals surface area contributed by atoms with Crippen molar-refractivity contribution in [3.63, 3.8) is 0 Å². The van der Waals surface area contributed by atoms with E-state index in [1.165, 1.54) is 0 Å². The number of aryl methyl sites for hydroxylation is 2. The van der Waals surface area contributed by atoms with Gasteiger partial charge in [0.25, 0.3) is 0 Å². The fourth-order valence-electron chi connectivity index (χ4n) is 1.43. The lowest BCUT2D eigenvalue weighted by Gasteiger charge is -2.19. The highest BCUT2D eigenvalue weighted by molar-refractivity contribution is 5.81. The van der Waals surface area contributed by atoms with Gasteiger partial charge in [0.1, 0.15) is 5.76 Å². The van der Waals surface area contributed by atoms with E-state index in [9.17, 15) is 4.79 Å². The van der Waals surface area contributed by atoms with Gasteiger partial charge in [-0.2, -0.15) is 0 Å². The number of likely N-dealkylation sites (N-methyl/N-ethyl adjacent to an activating group) is 1. The highest BCUT2D eigenvalue weighted by atomic mass is 16.4. The topological polar surface area (TPSA) is 58.4 Å². The molecule has 0 aliphatic heterocycles. The summed E-state index contributed by atoms with van der Waals surface area (Å²) in [6.07, 6.45) is 0. The highest BCUT2D eigenvalue weighted by Crippen LogP contribution is 2.08. The summed E-state index contributed by atoms with van der Waals surface area (Å²) in [7, 11) is 1.79. The molecule has 0 radical (unpaired) electrons. The summed E-state index contributed by atoms with van der Waals surface area (Å²) >= 11 is 0. The fraction of sp³-hybridized carbons (Fsp3) is 0.667. The molecule has 0 aliphatic rings. The molecule has 0 aliphatic carbocycles. The van der Waals surface area contributed by atoms with Gasteiger partial charge in [-0.05, 0) is 27.7 Å². The standard InChI is InChI=1S/C12H21N3O2/c1-6-15(5)12(16)9(3)13-7-11-14-8(2)10(4)17-11/h9,13H,6-7H2,1-5H3. The van der Waals surface area contributed by atoms with Crippen molar-refractivity contribution in [1.82, 2.24) is 15.2 Å². The molecule has 0 fully saturated rings. The second-order valence-corrected chi connectivity index (χ2v) is 4.20. The van der Waals surface area contributed by atoms with Gasteiger partial charge in [-0.1, -0.05) is 0 Å². The fourth-order valence-corrected chi connectivity index (χ4v) is 1.43. The Morgan fingerprint density at radius 3 is 2.65 bits per heavy atom. The molecule has 0 bridgehead atoms. The van der Waals surface area contributed by atoms with Gasteiger partial charge < -0.3 is 9.32 Å². The highest BCUT2D eigenvalue weighted by Gasteiger charge is 2.16. The number of hydrogen-bond acceptors (Lipinski definition) is 4. The van der Waals surface area contributed by atoms with Gasteiger partial charge in [-0.15, -0.1) is 0 Å². The average molecular weight is 239 g/mol. The average Bonchev–Trinajstić information content (AvgIpc) is 2.63. The molecule has 1 amide bonds. The van der Waals surface area contributed by atoms with Crippen molar-refractivity contribution < 1.29 is 9.21 Å². The maximum atomic E-state index is 11.8. The van der Waals surface area contributed by atoms with E-state index in [1.807, 2.05) is 27.7 Å². The Labute approximate surface area is 102 Å². The van der Waals surface area contributed by atoms with Gasteiger partial charge in [0.05, 0.1) is 18.3 Å². The minimum absolute atomic E-state index is 0.0764. The van der Waals surface area contributed by atoms with Crippen LogP contribution < -0.4 is 5.32 Å². The van der Waals surface area contributed by atoms with Crippen molar-refractivity contribution in [2.75, 3.05) is 13.6 Å². The molecule has 1 aromatic rings. The predicted octanol–water partition coefficient (Wildman–Crippen LogP) is 1.25. The maximum Gasteiger partial charge on any atom is 0.239 e. The predicted molar refractivity (Wildman–Crippen MR) is 65.6 cm³/mol. The van der Waals surface area contributed by atoms with E-state index >= 15 is 0 Å². The number of carbonyl (C=O) groups excluding carboxylic acids is 1. The summed E-state index contributed by atoms with van der Waals surface area (Å²) in [5.74, 6) is 1.53. The van der Waals surface area contributed by atoms with Crippen molar-refractivity contribution in [3.05, 3.63) is 17.3 Å². The molecular weight excluding hydrogens is 218 g/mol. The van der Waals surface area contributed by atoms with Crippen molar-refractivity contribution in [1.29, 1.82) is 0 Å². The Hall–Kier alpha value is -1.36. The number of aromatic nitrogens is 1. The van der Waals surface area contributed by atoms with Crippen molar-refractivity contribution in [2.45, 2.75) is 40.3 Å². The lowest BCUT2D eigenvalue weighted by atomic mass is 10.3. The zero-order valence-corrected chi connectivity index (χ0v) is 11.2.